The number of benzene rings is 1. The van der Waals surface area contributed by atoms with Gasteiger partial charge in [0.15, 0.2) is 0 Å². The maximum absolute atomic E-state index is 10.9. The molecule has 1 aromatic carbocycles. The molecule has 1 aliphatic heterocycles. The van der Waals surface area contributed by atoms with E-state index in [-0.39, 0.29) is 0 Å². The number of nitrogens with one attached hydrogen (secondary N) is 1. The van der Waals surface area contributed by atoms with Crippen LogP contribution in [-0.4, -0.2) is 30.0 Å². The first-order valence-corrected chi connectivity index (χ1v) is 8.99. The predicted molar refractivity (Wildman–Crippen MR) is 73.3 cm³/mol. The van der Waals surface area contributed by atoms with E-state index >= 15 is 0 Å². The van der Waals surface area contributed by atoms with Crippen LogP contribution in [0.1, 0.15) is 21.6 Å². The molecule has 91 valence electrons. The van der Waals surface area contributed by atoms with E-state index in [0.717, 1.165) is 10.2 Å². The summed E-state index contributed by atoms with van der Waals surface area (Å²) in [7, 11) is 0. The van der Waals surface area contributed by atoms with E-state index in [4.69, 9.17) is 5.11 Å². The minimum absolute atomic E-state index is 0.291. The van der Waals surface area contributed by atoms with Gasteiger partial charge in [0.1, 0.15) is 0 Å². The van der Waals surface area contributed by atoms with Crippen molar-refractivity contribution < 1.29 is 9.90 Å². The Hall–Kier alpha value is -1.77. The van der Waals surface area contributed by atoms with Crippen molar-refractivity contribution in [2.24, 2.45) is 0 Å². The second kappa shape index (κ2) is 4.16. The molecule has 0 atom stereocenters. The predicted octanol–water partition coefficient (Wildman–Crippen LogP) is 2.14. The first-order chi connectivity index (χ1) is 8.66. The molecule has 0 bridgehead atoms. The molecule has 0 fully saturated rings. The Balaban J connectivity index is 2.04. The molecule has 2 heterocycles. The summed E-state index contributed by atoms with van der Waals surface area (Å²) in [5.74, 6) is 1.32. The molecule has 0 unspecified atom stereocenters. The Morgan fingerprint density at radius 3 is 2.61 bits per heavy atom. The maximum atomic E-state index is 10.9. The molecule has 0 saturated carbocycles. The zero-order valence-electron chi connectivity index (χ0n) is 9.81. The summed E-state index contributed by atoms with van der Waals surface area (Å²) in [5, 5.41) is 8.97. The number of carboxylic acid groups (broad SMARTS) is 1. The second-order valence-electron chi connectivity index (χ2n) is 4.16. The van der Waals surface area contributed by atoms with Gasteiger partial charge in [0.25, 0.3) is 0 Å². The number of fused-ring (bicyclic) bond motifs is 1. The zero-order valence-corrected chi connectivity index (χ0v) is 11.5. The number of hydrogen-bond donors (Lipinski definition) is 2. The molecule has 0 aliphatic carbocycles. The third kappa shape index (κ3) is 1.70. The fourth-order valence-electron chi connectivity index (χ4n) is 2.13. The van der Waals surface area contributed by atoms with Gasteiger partial charge in [-0.25, -0.2) is 0 Å². The van der Waals surface area contributed by atoms with E-state index in [1.807, 2.05) is 18.2 Å². The van der Waals surface area contributed by atoms with Gasteiger partial charge in [0, 0.05) is 0 Å². The standard InChI is InChI=1S/C14H12NO2Se/c1-18-12(9-5-3-2-4-6-9)8-10-7-11(14(16)17)15-13(10)18/h2-8,15H,1H3,(H,16,17). The molecule has 0 spiro atoms. The molecular formula is C14H12NO2Se. The van der Waals surface area contributed by atoms with Crippen LogP contribution in [0.3, 0.4) is 0 Å². The van der Waals surface area contributed by atoms with Crippen LogP contribution < -0.4 is 4.59 Å². The fraction of sp³-hybridized carbons (Fsp3) is 0.0714. The molecule has 1 radical (unpaired) electrons. The van der Waals surface area contributed by atoms with Crippen molar-refractivity contribution in [1.82, 2.24) is 4.98 Å². The number of aromatic nitrogens is 1. The van der Waals surface area contributed by atoms with Crippen LogP contribution in [0, 0.1) is 0 Å². The zero-order chi connectivity index (χ0) is 12.7. The summed E-state index contributed by atoms with van der Waals surface area (Å²) in [5.41, 5.74) is 2.57. The molecule has 3 nitrogen and oxygen atoms in total. The summed E-state index contributed by atoms with van der Waals surface area (Å²) in [4.78, 5) is 14.0. The third-order valence-corrected chi connectivity index (χ3v) is 7.14. The number of hydrogen-bond acceptors (Lipinski definition) is 1. The second-order valence-corrected chi connectivity index (χ2v) is 8.08. The van der Waals surface area contributed by atoms with Crippen LogP contribution >= 0.6 is 0 Å². The minimum atomic E-state index is -1.12. The summed E-state index contributed by atoms with van der Waals surface area (Å²) in [6.07, 6.45) is 2.12. The van der Waals surface area contributed by atoms with E-state index in [9.17, 15) is 4.79 Å². The number of H-pyrrole nitrogens is 1. The van der Waals surface area contributed by atoms with E-state index in [1.165, 1.54) is 10.0 Å². The molecule has 2 aromatic rings. The van der Waals surface area contributed by atoms with E-state index in [2.05, 4.69) is 29.0 Å². The molecule has 0 amide bonds. The first kappa shape index (κ1) is 11.3. The molecule has 1 aromatic heterocycles. The van der Waals surface area contributed by atoms with Crippen molar-refractivity contribution in [2.45, 2.75) is 5.82 Å². The number of rotatable bonds is 2. The Morgan fingerprint density at radius 1 is 1.28 bits per heavy atom. The number of carbonyl (C=O) groups is 1. The van der Waals surface area contributed by atoms with Gasteiger partial charge in [0.2, 0.25) is 0 Å². The number of aromatic amines is 1. The summed E-state index contributed by atoms with van der Waals surface area (Å²) in [6.45, 7) is 0. The fourth-order valence-corrected chi connectivity index (χ4v) is 5.80. The van der Waals surface area contributed by atoms with Gasteiger partial charge in [-0.15, -0.1) is 0 Å². The molecule has 18 heavy (non-hydrogen) atoms. The van der Waals surface area contributed by atoms with Crippen molar-refractivity contribution in [3.05, 3.63) is 53.2 Å². The van der Waals surface area contributed by atoms with E-state index in [1.54, 1.807) is 6.07 Å². The van der Waals surface area contributed by atoms with Gasteiger partial charge >= 0.3 is 109 Å². The molecule has 4 heteroatoms. The van der Waals surface area contributed by atoms with Crippen LogP contribution in [0.2, 0.25) is 5.82 Å². The van der Waals surface area contributed by atoms with Crippen LogP contribution in [0.4, 0.5) is 0 Å². The number of aromatic carboxylic acids is 1. The van der Waals surface area contributed by atoms with Gasteiger partial charge in [0.05, 0.1) is 0 Å². The Kier molecular flexibility index (Phi) is 2.62. The van der Waals surface area contributed by atoms with Crippen LogP contribution in [0.25, 0.3) is 10.5 Å². The normalized spacial score (nSPS) is 14.4. The Bertz CT molecular complexity index is 643. The molecular weight excluding hydrogens is 293 g/mol. The van der Waals surface area contributed by atoms with Crippen LogP contribution in [-0.2, 0) is 0 Å². The van der Waals surface area contributed by atoms with Gasteiger partial charge < -0.3 is 0 Å². The topological polar surface area (TPSA) is 53.1 Å². The van der Waals surface area contributed by atoms with Gasteiger partial charge in [-0.05, 0) is 0 Å². The quantitative estimate of drug-likeness (QED) is 0.835. The van der Waals surface area contributed by atoms with Gasteiger partial charge in [-0.2, -0.15) is 0 Å². The van der Waals surface area contributed by atoms with E-state index in [0.29, 0.717) is 5.69 Å². The molecule has 2 N–H and O–H groups in total. The van der Waals surface area contributed by atoms with Crippen molar-refractivity contribution in [2.75, 3.05) is 0 Å². The SMILES string of the molecule is C[Se]1C(c2ccccc2)=Cc2cc(C(=O)O)[nH]c21. The summed E-state index contributed by atoms with van der Waals surface area (Å²) >= 11 is -1.12. The van der Waals surface area contributed by atoms with Gasteiger partial charge in [-0.1, -0.05) is 0 Å². The Morgan fingerprint density at radius 2 is 2.00 bits per heavy atom. The monoisotopic (exact) mass is 306 g/mol. The van der Waals surface area contributed by atoms with Gasteiger partial charge in [-0.3, -0.25) is 0 Å². The third-order valence-electron chi connectivity index (χ3n) is 3.02. The average molecular weight is 305 g/mol. The van der Waals surface area contributed by atoms with Crippen molar-refractivity contribution >= 4 is 35.0 Å². The molecule has 3 rings (SSSR count). The van der Waals surface area contributed by atoms with E-state index < -0.39 is 19.9 Å². The van der Waals surface area contributed by atoms with Crippen LogP contribution in [0.15, 0.2) is 36.4 Å². The Labute approximate surface area is 109 Å². The van der Waals surface area contributed by atoms with Crippen molar-refractivity contribution in [3.8, 4) is 0 Å². The molecule has 1 aliphatic rings. The van der Waals surface area contributed by atoms with Crippen molar-refractivity contribution in [3.63, 3.8) is 0 Å². The first-order valence-electron chi connectivity index (χ1n) is 5.56. The van der Waals surface area contributed by atoms with Crippen molar-refractivity contribution in [1.29, 1.82) is 0 Å². The molecule has 0 saturated heterocycles. The summed E-state index contributed by atoms with van der Waals surface area (Å²) in [6, 6.07) is 12.0. The average Bonchev–Trinajstić information content (AvgIpc) is 2.91. The van der Waals surface area contributed by atoms with Crippen LogP contribution in [0.5, 0.6) is 0 Å². The summed E-state index contributed by atoms with van der Waals surface area (Å²) < 4.78 is 2.47. The number of carboxylic acids is 1.